The third-order valence-corrected chi connectivity index (χ3v) is 4.66. The Hall–Kier alpha value is -2.96. The van der Waals surface area contributed by atoms with Gasteiger partial charge in [-0.2, -0.15) is 0 Å². The van der Waals surface area contributed by atoms with Crippen LogP contribution in [0.4, 0.5) is 0 Å². The Balaban J connectivity index is 2.03. The first kappa shape index (κ1) is 18.8. The van der Waals surface area contributed by atoms with E-state index in [1.54, 1.807) is 17.8 Å². The van der Waals surface area contributed by atoms with Crippen LogP contribution < -0.4 is 11.2 Å². The molecule has 0 aliphatic heterocycles. The van der Waals surface area contributed by atoms with Gasteiger partial charge in [0.2, 0.25) is 0 Å². The first-order valence-corrected chi connectivity index (χ1v) is 9.24. The maximum atomic E-state index is 13.0. The largest absolute Gasteiger partial charge is 0.332 e. The summed E-state index contributed by atoms with van der Waals surface area (Å²) in [5.74, 6) is 0.115. The summed E-state index contributed by atoms with van der Waals surface area (Å²) in [7, 11) is 0. The monoisotopic (exact) mass is 368 g/mol. The van der Waals surface area contributed by atoms with Gasteiger partial charge in [0.15, 0.2) is 11.2 Å². The predicted molar refractivity (Wildman–Crippen MR) is 104 cm³/mol. The number of carbonyl (C=O) groups is 1. The normalized spacial score (nSPS) is 11.2. The summed E-state index contributed by atoms with van der Waals surface area (Å²) in [5.41, 5.74) is 1.24. The van der Waals surface area contributed by atoms with Crippen molar-refractivity contribution in [2.45, 2.75) is 52.7 Å². The zero-order chi connectivity index (χ0) is 19.4. The summed E-state index contributed by atoms with van der Waals surface area (Å²) in [6.45, 7) is 4.66. The van der Waals surface area contributed by atoms with Crippen LogP contribution in [0.1, 0.15) is 38.7 Å². The van der Waals surface area contributed by atoms with Crippen molar-refractivity contribution in [1.29, 1.82) is 0 Å². The zero-order valence-electron chi connectivity index (χ0n) is 15.7. The molecule has 0 saturated heterocycles. The number of aromatic nitrogens is 4. The molecule has 0 radical (unpaired) electrons. The van der Waals surface area contributed by atoms with Gasteiger partial charge in [0.1, 0.15) is 5.78 Å². The predicted octanol–water partition coefficient (Wildman–Crippen LogP) is 2.19. The number of carbonyl (C=O) groups excluding carboxylic acids is 1. The molecule has 0 amide bonds. The Kier molecular flexibility index (Phi) is 5.69. The van der Waals surface area contributed by atoms with Gasteiger partial charge in [-0.1, -0.05) is 30.3 Å². The van der Waals surface area contributed by atoms with Crippen molar-refractivity contribution in [2.75, 3.05) is 0 Å². The molecule has 0 bridgehead atoms. The number of rotatable bonds is 8. The van der Waals surface area contributed by atoms with Crippen molar-refractivity contribution in [3.8, 4) is 0 Å². The molecule has 2 aromatic heterocycles. The molecule has 0 aliphatic rings. The van der Waals surface area contributed by atoms with Crippen molar-refractivity contribution in [3.63, 3.8) is 0 Å². The van der Waals surface area contributed by atoms with Gasteiger partial charge in [0.25, 0.3) is 5.56 Å². The molecule has 7 nitrogen and oxygen atoms in total. The number of hydrogen-bond donors (Lipinski definition) is 0. The van der Waals surface area contributed by atoms with Crippen molar-refractivity contribution in [1.82, 2.24) is 18.7 Å². The average Bonchev–Trinajstić information content (AvgIpc) is 3.05. The third-order valence-electron chi connectivity index (χ3n) is 4.66. The highest BCUT2D eigenvalue weighted by Crippen LogP contribution is 2.10. The lowest BCUT2D eigenvalue weighted by molar-refractivity contribution is -0.117. The molecule has 0 N–H and O–H groups in total. The van der Waals surface area contributed by atoms with Crippen molar-refractivity contribution in [3.05, 3.63) is 63.1 Å². The fourth-order valence-corrected chi connectivity index (χ4v) is 3.26. The lowest BCUT2D eigenvalue weighted by Crippen LogP contribution is -2.40. The summed E-state index contributed by atoms with van der Waals surface area (Å²) < 4.78 is 4.60. The number of Topliss-reactive ketones (excluding diaryl/α,β-unsaturated/α-hetero) is 1. The van der Waals surface area contributed by atoms with Crippen LogP contribution in [0, 0.1) is 0 Å². The molecule has 0 fully saturated rings. The third kappa shape index (κ3) is 3.92. The van der Waals surface area contributed by atoms with E-state index in [2.05, 4.69) is 4.98 Å². The average molecular weight is 368 g/mol. The van der Waals surface area contributed by atoms with E-state index in [0.29, 0.717) is 50.1 Å². The molecule has 27 heavy (non-hydrogen) atoms. The van der Waals surface area contributed by atoms with Gasteiger partial charge in [0.05, 0.1) is 6.33 Å². The van der Waals surface area contributed by atoms with Crippen LogP contribution in [0.25, 0.3) is 11.2 Å². The van der Waals surface area contributed by atoms with Gasteiger partial charge >= 0.3 is 5.69 Å². The molecule has 1 aromatic carbocycles. The maximum Gasteiger partial charge on any atom is 0.332 e. The Morgan fingerprint density at radius 3 is 2.48 bits per heavy atom. The van der Waals surface area contributed by atoms with Crippen molar-refractivity contribution >= 4 is 16.9 Å². The molecule has 7 heteroatoms. The van der Waals surface area contributed by atoms with Crippen LogP contribution in [-0.2, 0) is 24.4 Å². The van der Waals surface area contributed by atoms with Crippen LogP contribution in [-0.4, -0.2) is 24.5 Å². The molecule has 142 valence electrons. The lowest BCUT2D eigenvalue weighted by Gasteiger charge is -2.11. The fourth-order valence-electron chi connectivity index (χ4n) is 3.26. The van der Waals surface area contributed by atoms with Gasteiger partial charge in [-0.15, -0.1) is 0 Å². The number of fused-ring (bicyclic) bond motifs is 1. The van der Waals surface area contributed by atoms with E-state index in [4.69, 9.17) is 0 Å². The van der Waals surface area contributed by atoms with Crippen LogP contribution >= 0.6 is 0 Å². The second kappa shape index (κ2) is 8.16. The van der Waals surface area contributed by atoms with Gasteiger partial charge in [-0.25, -0.2) is 9.78 Å². The second-order valence-corrected chi connectivity index (χ2v) is 6.67. The Morgan fingerprint density at radius 2 is 1.81 bits per heavy atom. The van der Waals surface area contributed by atoms with Crippen LogP contribution in [0.5, 0.6) is 0 Å². The standard InChI is InChI=1S/C20H24N4O3/c1-3-23-18-17(22(14-21-18)13-16-10-5-4-6-11-16)19(26)24(20(23)27)12-8-7-9-15(2)25/h4-6,10-11,14H,3,7-9,12-13H2,1-2H3. The van der Waals surface area contributed by atoms with E-state index in [9.17, 15) is 14.4 Å². The number of unbranched alkanes of at least 4 members (excludes halogenated alkanes) is 1. The number of hydrogen-bond acceptors (Lipinski definition) is 4. The Labute approximate surface area is 156 Å². The quantitative estimate of drug-likeness (QED) is 0.571. The molecule has 2 heterocycles. The van der Waals surface area contributed by atoms with Crippen LogP contribution in [0.15, 0.2) is 46.2 Å². The molecule has 3 aromatic rings. The molecule has 0 aliphatic carbocycles. The molecule has 0 spiro atoms. The number of ketones is 1. The van der Waals surface area contributed by atoms with E-state index in [1.165, 1.54) is 9.13 Å². The summed E-state index contributed by atoms with van der Waals surface area (Å²) in [5, 5.41) is 0. The minimum absolute atomic E-state index is 0.115. The molecular formula is C20H24N4O3. The number of aryl methyl sites for hydroxylation is 1. The molecule has 0 unspecified atom stereocenters. The first-order valence-electron chi connectivity index (χ1n) is 9.24. The maximum absolute atomic E-state index is 13.0. The minimum Gasteiger partial charge on any atom is -0.320 e. The van der Waals surface area contributed by atoms with Gasteiger partial charge in [-0.3, -0.25) is 13.9 Å². The summed E-state index contributed by atoms with van der Waals surface area (Å²) in [6.07, 6.45) is 3.35. The van der Waals surface area contributed by atoms with Gasteiger partial charge in [-0.05, 0) is 32.3 Å². The highest BCUT2D eigenvalue weighted by Gasteiger charge is 2.17. The fraction of sp³-hybridized carbons (Fsp3) is 0.400. The van der Waals surface area contributed by atoms with E-state index >= 15 is 0 Å². The number of nitrogens with zero attached hydrogens (tertiary/aromatic N) is 4. The summed E-state index contributed by atoms with van der Waals surface area (Å²) >= 11 is 0. The Bertz CT molecular complexity index is 1060. The van der Waals surface area contributed by atoms with E-state index in [-0.39, 0.29) is 17.0 Å². The molecule has 0 saturated carbocycles. The number of imidazole rings is 1. The number of benzene rings is 1. The minimum atomic E-state index is -0.345. The molecule has 3 rings (SSSR count). The summed E-state index contributed by atoms with van der Waals surface area (Å²) in [6, 6.07) is 9.82. The zero-order valence-corrected chi connectivity index (χ0v) is 15.7. The smallest absolute Gasteiger partial charge is 0.320 e. The SMILES string of the molecule is CCn1c(=O)n(CCCCC(C)=O)c(=O)c2c1ncn2Cc1ccccc1. The van der Waals surface area contributed by atoms with Crippen molar-refractivity contribution in [2.24, 2.45) is 0 Å². The topological polar surface area (TPSA) is 78.9 Å². The van der Waals surface area contributed by atoms with Crippen molar-refractivity contribution < 1.29 is 4.79 Å². The highest BCUT2D eigenvalue weighted by molar-refractivity contribution is 5.75. The molecule has 0 atom stereocenters. The lowest BCUT2D eigenvalue weighted by atomic mass is 10.2. The van der Waals surface area contributed by atoms with E-state index < -0.39 is 0 Å². The van der Waals surface area contributed by atoms with Gasteiger partial charge in [0, 0.05) is 26.1 Å². The molecular weight excluding hydrogens is 344 g/mol. The van der Waals surface area contributed by atoms with E-state index in [0.717, 1.165) is 5.56 Å². The first-order chi connectivity index (χ1) is 13.0. The highest BCUT2D eigenvalue weighted by atomic mass is 16.2. The second-order valence-electron chi connectivity index (χ2n) is 6.67. The van der Waals surface area contributed by atoms with Crippen LogP contribution in [0.3, 0.4) is 0 Å². The van der Waals surface area contributed by atoms with Crippen LogP contribution in [0.2, 0.25) is 0 Å². The Morgan fingerprint density at radius 1 is 1.07 bits per heavy atom. The summed E-state index contributed by atoms with van der Waals surface area (Å²) in [4.78, 5) is 41.2. The van der Waals surface area contributed by atoms with Gasteiger partial charge < -0.3 is 9.36 Å². The van der Waals surface area contributed by atoms with E-state index in [1.807, 2.05) is 37.3 Å².